The van der Waals surface area contributed by atoms with Crippen LogP contribution in [0.1, 0.15) is 36.5 Å². The molecule has 2 atom stereocenters. The van der Waals surface area contributed by atoms with E-state index in [1.54, 1.807) is 19.1 Å². The third kappa shape index (κ3) is 4.56. The number of ether oxygens (including phenoxy) is 1. The summed E-state index contributed by atoms with van der Waals surface area (Å²) in [5.41, 5.74) is 0.0443. The molecule has 0 aromatic heterocycles. The fourth-order valence-electron chi connectivity index (χ4n) is 3.20. The van der Waals surface area contributed by atoms with Crippen molar-refractivity contribution in [3.05, 3.63) is 65.2 Å². The summed E-state index contributed by atoms with van der Waals surface area (Å²) >= 11 is 0. The molecule has 1 aliphatic heterocycles. The average Bonchev–Trinajstić information content (AvgIpc) is 3.03. The van der Waals surface area contributed by atoms with Crippen molar-refractivity contribution in [2.45, 2.75) is 49.5 Å². The van der Waals surface area contributed by atoms with Gasteiger partial charge in [0.1, 0.15) is 0 Å². The highest BCUT2D eigenvalue weighted by Gasteiger charge is 2.39. The van der Waals surface area contributed by atoms with Gasteiger partial charge in [0.2, 0.25) is 0 Å². The maximum absolute atomic E-state index is 12.7. The Hall–Kier alpha value is -1.90. The molecule has 0 amide bonds. The highest BCUT2D eigenvalue weighted by molar-refractivity contribution is 7.86. The van der Waals surface area contributed by atoms with Gasteiger partial charge in [-0.1, -0.05) is 29.8 Å². The predicted octanol–water partition coefficient (Wildman–Crippen LogP) is 4.81. The fourth-order valence-corrected chi connectivity index (χ4v) is 4.14. The Morgan fingerprint density at radius 2 is 1.71 bits per heavy atom. The SMILES string of the molecule is Cc1ccc(S(=O)(=O)OC[C@@H]2CC[C@@](C)(c3ccc(C(F)(F)F)cc3)O2)cc1. The van der Waals surface area contributed by atoms with E-state index in [2.05, 4.69) is 0 Å². The molecule has 152 valence electrons. The summed E-state index contributed by atoms with van der Waals surface area (Å²) in [6.07, 6.45) is -3.76. The third-order valence-corrected chi connectivity index (χ3v) is 6.21. The standard InChI is InChI=1S/C20H21F3O4S/c1-14-3-9-18(10-4-14)28(24,25)26-13-17-11-12-19(2,27-17)15-5-7-16(8-6-15)20(21,22)23/h3-10,17H,11-13H2,1-2H3/t17-,19-/m0/s1. The molecule has 4 nitrogen and oxygen atoms in total. The van der Waals surface area contributed by atoms with Crippen LogP contribution in [0.15, 0.2) is 53.4 Å². The predicted molar refractivity (Wildman–Crippen MR) is 97.2 cm³/mol. The van der Waals surface area contributed by atoms with Gasteiger partial charge in [-0.3, -0.25) is 4.18 Å². The average molecular weight is 414 g/mol. The van der Waals surface area contributed by atoms with Gasteiger partial charge in [0.05, 0.1) is 28.8 Å². The van der Waals surface area contributed by atoms with Gasteiger partial charge in [-0.15, -0.1) is 0 Å². The third-order valence-electron chi connectivity index (χ3n) is 4.91. The number of hydrogen-bond acceptors (Lipinski definition) is 4. The summed E-state index contributed by atoms with van der Waals surface area (Å²) in [7, 11) is -3.89. The Bertz CT molecular complexity index is 921. The highest BCUT2D eigenvalue weighted by Crippen LogP contribution is 2.40. The first-order valence-electron chi connectivity index (χ1n) is 8.81. The topological polar surface area (TPSA) is 52.6 Å². The van der Waals surface area contributed by atoms with E-state index in [1.165, 1.54) is 24.3 Å². The minimum atomic E-state index is -4.39. The zero-order valence-corrected chi connectivity index (χ0v) is 16.3. The Labute approximate surface area is 162 Å². The Morgan fingerprint density at radius 3 is 2.29 bits per heavy atom. The highest BCUT2D eigenvalue weighted by atomic mass is 32.2. The van der Waals surface area contributed by atoms with Crippen LogP contribution in [0.25, 0.3) is 0 Å². The Kier molecular flexibility index (Phi) is 5.58. The molecule has 28 heavy (non-hydrogen) atoms. The zero-order valence-electron chi connectivity index (χ0n) is 15.5. The van der Waals surface area contributed by atoms with Gasteiger partial charge in [-0.2, -0.15) is 21.6 Å². The van der Waals surface area contributed by atoms with Gasteiger partial charge < -0.3 is 4.74 Å². The number of alkyl halides is 3. The maximum Gasteiger partial charge on any atom is 0.416 e. The lowest BCUT2D eigenvalue weighted by Crippen LogP contribution is -2.25. The van der Waals surface area contributed by atoms with Crippen molar-refractivity contribution in [1.29, 1.82) is 0 Å². The van der Waals surface area contributed by atoms with Crippen LogP contribution in [-0.2, 0) is 30.8 Å². The quantitative estimate of drug-likeness (QED) is 0.659. The molecule has 3 rings (SSSR count). The molecular weight excluding hydrogens is 393 g/mol. The molecule has 0 saturated carbocycles. The molecule has 2 aromatic rings. The van der Waals surface area contributed by atoms with Crippen LogP contribution in [0.2, 0.25) is 0 Å². The van der Waals surface area contributed by atoms with E-state index in [4.69, 9.17) is 8.92 Å². The van der Waals surface area contributed by atoms with E-state index < -0.39 is 33.6 Å². The first kappa shape index (κ1) is 20.8. The van der Waals surface area contributed by atoms with E-state index in [9.17, 15) is 21.6 Å². The molecule has 0 aliphatic carbocycles. The molecule has 1 heterocycles. The fraction of sp³-hybridized carbons (Fsp3) is 0.400. The van der Waals surface area contributed by atoms with E-state index >= 15 is 0 Å². The van der Waals surface area contributed by atoms with E-state index in [0.717, 1.165) is 17.7 Å². The largest absolute Gasteiger partial charge is 0.416 e. The number of benzene rings is 2. The zero-order chi connectivity index (χ0) is 20.6. The summed E-state index contributed by atoms with van der Waals surface area (Å²) in [6.45, 7) is 3.49. The molecular formula is C20H21F3O4S. The number of halogens is 3. The molecule has 1 saturated heterocycles. The van der Waals surface area contributed by atoms with Crippen LogP contribution in [0.3, 0.4) is 0 Å². The lowest BCUT2D eigenvalue weighted by atomic mass is 9.92. The summed E-state index contributed by atoms with van der Waals surface area (Å²) in [5.74, 6) is 0. The molecule has 0 unspecified atom stereocenters. The number of hydrogen-bond donors (Lipinski definition) is 0. The summed E-state index contributed by atoms with van der Waals surface area (Å²) < 4.78 is 73.8. The van der Waals surface area contributed by atoms with Crippen molar-refractivity contribution in [2.75, 3.05) is 6.61 Å². The molecule has 2 aromatic carbocycles. The second kappa shape index (κ2) is 7.50. The summed E-state index contributed by atoms with van der Waals surface area (Å²) in [5, 5.41) is 0. The molecule has 0 bridgehead atoms. The van der Waals surface area contributed by atoms with Crippen LogP contribution in [-0.4, -0.2) is 21.1 Å². The van der Waals surface area contributed by atoms with Gasteiger partial charge in [-0.25, -0.2) is 0 Å². The van der Waals surface area contributed by atoms with Crippen molar-refractivity contribution >= 4 is 10.1 Å². The monoisotopic (exact) mass is 414 g/mol. The second-order valence-electron chi connectivity index (χ2n) is 7.14. The molecule has 0 radical (unpaired) electrons. The van der Waals surface area contributed by atoms with Gasteiger partial charge >= 0.3 is 6.18 Å². The van der Waals surface area contributed by atoms with E-state index in [0.29, 0.717) is 18.4 Å². The molecule has 0 N–H and O–H groups in total. The molecule has 8 heteroatoms. The normalized spacial score (nSPS) is 23.1. The Morgan fingerprint density at radius 1 is 1.11 bits per heavy atom. The van der Waals surface area contributed by atoms with Crippen LogP contribution in [0.4, 0.5) is 13.2 Å². The molecule has 0 spiro atoms. The molecule has 1 fully saturated rings. The van der Waals surface area contributed by atoms with Crippen LogP contribution in [0.5, 0.6) is 0 Å². The minimum Gasteiger partial charge on any atom is -0.365 e. The second-order valence-corrected chi connectivity index (χ2v) is 8.75. The maximum atomic E-state index is 12.7. The minimum absolute atomic E-state index is 0.0709. The van der Waals surface area contributed by atoms with E-state index in [1.807, 2.05) is 6.92 Å². The van der Waals surface area contributed by atoms with Crippen LogP contribution in [0, 0.1) is 6.92 Å². The van der Waals surface area contributed by atoms with Gasteiger partial charge in [0.25, 0.3) is 10.1 Å². The van der Waals surface area contributed by atoms with E-state index in [-0.39, 0.29) is 11.5 Å². The first-order chi connectivity index (χ1) is 13.0. The smallest absolute Gasteiger partial charge is 0.365 e. The van der Waals surface area contributed by atoms with Crippen molar-refractivity contribution in [1.82, 2.24) is 0 Å². The summed E-state index contributed by atoms with van der Waals surface area (Å²) in [4.78, 5) is 0.0709. The van der Waals surface area contributed by atoms with Crippen molar-refractivity contribution < 1.29 is 30.5 Å². The molecule has 1 aliphatic rings. The number of aryl methyl sites for hydroxylation is 1. The van der Waals surface area contributed by atoms with Gasteiger partial charge in [-0.05, 0) is 56.5 Å². The number of rotatable bonds is 5. The van der Waals surface area contributed by atoms with Crippen molar-refractivity contribution in [3.8, 4) is 0 Å². The van der Waals surface area contributed by atoms with Crippen molar-refractivity contribution in [2.24, 2.45) is 0 Å². The van der Waals surface area contributed by atoms with Gasteiger partial charge in [0, 0.05) is 0 Å². The van der Waals surface area contributed by atoms with Crippen LogP contribution >= 0.6 is 0 Å². The van der Waals surface area contributed by atoms with Crippen molar-refractivity contribution in [3.63, 3.8) is 0 Å². The van der Waals surface area contributed by atoms with Gasteiger partial charge in [0.15, 0.2) is 0 Å². The lowest BCUT2D eigenvalue weighted by molar-refractivity contribution is -0.137. The Balaban J connectivity index is 1.64. The lowest BCUT2D eigenvalue weighted by Gasteiger charge is -2.26. The van der Waals surface area contributed by atoms with Crippen LogP contribution < -0.4 is 0 Å². The summed E-state index contributed by atoms with van der Waals surface area (Å²) in [6, 6.07) is 11.2. The first-order valence-corrected chi connectivity index (χ1v) is 10.2.